The maximum absolute atomic E-state index is 10.5. The number of hydrogen-bond acceptors (Lipinski definition) is 3. The Morgan fingerprint density at radius 3 is 2.62 bits per heavy atom. The molecule has 0 aliphatic heterocycles. The summed E-state index contributed by atoms with van der Waals surface area (Å²) in [5.74, 6) is -1.16. The summed E-state index contributed by atoms with van der Waals surface area (Å²) in [7, 11) is 0. The number of rotatable bonds is 5. The van der Waals surface area contributed by atoms with Crippen molar-refractivity contribution >= 4 is 11.9 Å². The van der Waals surface area contributed by atoms with Crippen molar-refractivity contribution in [2.24, 2.45) is 11.5 Å². The number of aliphatic carboxylic acids is 1. The maximum atomic E-state index is 10.5. The zero-order chi connectivity index (χ0) is 10.5. The number of carboxylic acids is 1. The van der Waals surface area contributed by atoms with Gasteiger partial charge in [-0.1, -0.05) is 0 Å². The third-order valence-electron chi connectivity index (χ3n) is 1.35. The first-order valence-corrected chi connectivity index (χ1v) is 4.70. The summed E-state index contributed by atoms with van der Waals surface area (Å²) in [6, 6.07) is 0. The van der Waals surface area contributed by atoms with Gasteiger partial charge in [-0.15, -0.1) is 0 Å². The third-order valence-corrected chi connectivity index (χ3v) is 2.36. The van der Waals surface area contributed by atoms with Gasteiger partial charge in [-0.05, 0) is 0 Å². The summed E-state index contributed by atoms with van der Waals surface area (Å²) >= 11 is 1.88. The van der Waals surface area contributed by atoms with Gasteiger partial charge < -0.3 is 0 Å². The Bertz CT molecular complexity index is 207. The van der Waals surface area contributed by atoms with E-state index in [1.54, 1.807) is 0 Å². The summed E-state index contributed by atoms with van der Waals surface area (Å²) in [4.78, 5) is 10.5. The molecule has 0 fully saturated rings. The van der Waals surface area contributed by atoms with Crippen molar-refractivity contribution in [1.82, 2.24) is 5.32 Å². The third kappa shape index (κ3) is 5.64. The summed E-state index contributed by atoms with van der Waals surface area (Å²) in [5, 5.41) is 18.0. The van der Waals surface area contributed by atoms with Crippen LogP contribution in [0.4, 0.5) is 0 Å². The van der Waals surface area contributed by atoms with Gasteiger partial charge in [-0.3, -0.25) is 0 Å². The van der Waals surface area contributed by atoms with Crippen LogP contribution < -0.4 is 16.8 Å². The predicted octanol–water partition coefficient (Wildman–Crippen LogP) is -1.46. The second kappa shape index (κ2) is 5.23. The standard InChI is InChI=1S/C6H13N4O2.Au/c7-4(5(11)12)2-1-3-10-6(8)9;/h1-3,7H2,(H,11,12)(H4,8,9,10);. The van der Waals surface area contributed by atoms with Crippen LogP contribution in [0.5, 0.6) is 0 Å². The number of nitrogens with one attached hydrogen (secondary N) is 2. The van der Waals surface area contributed by atoms with Crippen molar-refractivity contribution in [2.75, 3.05) is 6.54 Å². The second-order valence-electron chi connectivity index (χ2n) is 2.54. The fraction of sp³-hybridized carbons (Fsp3) is 0.667. The molecule has 0 aromatic carbocycles. The van der Waals surface area contributed by atoms with Crippen LogP contribution in [0.1, 0.15) is 12.8 Å². The number of hydrogen-bond donors (Lipinski definition) is 5. The zero-order valence-electron chi connectivity index (χ0n) is 6.93. The van der Waals surface area contributed by atoms with E-state index in [9.17, 15) is 4.79 Å². The van der Waals surface area contributed by atoms with Gasteiger partial charge in [-0.2, -0.15) is 0 Å². The van der Waals surface area contributed by atoms with Gasteiger partial charge in [0.2, 0.25) is 0 Å². The van der Waals surface area contributed by atoms with E-state index in [2.05, 4.69) is 5.32 Å². The van der Waals surface area contributed by atoms with Crippen molar-refractivity contribution in [2.45, 2.75) is 16.6 Å². The molecule has 6 nitrogen and oxygen atoms in total. The molecule has 0 aromatic heterocycles. The van der Waals surface area contributed by atoms with Crippen LogP contribution in [0.25, 0.3) is 0 Å². The predicted molar refractivity (Wildman–Crippen MR) is 43.7 cm³/mol. The summed E-state index contributed by atoms with van der Waals surface area (Å²) in [6.45, 7) is 0.459. The Balaban J connectivity index is 3.64. The Morgan fingerprint density at radius 2 is 2.23 bits per heavy atom. The molecular formula is C6H13AuN4O2. The van der Waals surface area contributed by atoms with E-state index in [1.165, 1.54) is 0 Å². The van der Waals surface area contributed by atoms with Gasteiger partial charge in [-0.25, -0.2) is 0 Å². The van der Waals surface area contributed by atoms with Crippen LogP contribution in [0.3, 0.4) is 0 Å². The molecule has 0 aromatic rings. The van der Waals surface area contributed by atoms with Crippen LogP contribution >= 0.6 is 0 Å². The zero-order valence-corrected chi connectivity index (χ0v) is 9.10. The minimum absolute atomic E-state index is 0.121. The normalized spacial score (nSPS) is 14.7. The van der Waals surface area contributed by atoms with Gasteiger partial charge in [0.25, 0.3) is 0 Å². The van der Waals surface area contributed by atoms with Crippen LogP contribution in [-0.2, 0) is 25.9 Å². The molecule has 0 rings (SSSR count). The van der Waals surface area contributed by atoms with Gasteiger partial charge in [0, 0.05) is 0 Å². The van der Waals surface area contributed by atoms with E-state index in [0.29, 0.717) is 19.4 Å². The molecule has 0 amide bonds. The quantitative estimate of drug-likeness (QED) is 0.175. The van der Waals surface area contributed by atoms with E-state index in [0.717, 1.165) is 0 Å². The molecule has 0 radical (unpaired) electrons. The SMILES string of the molecule is N=C(N)NCCC[C@@](N)([Au])C(=O)O. The summed E-state index contributed by atoms with van der Waals surface area (Å²) in [6.07, 6.45) is 0.880. The van der Waals surface area contributed by atoms with Crippen molar-refractivity contribution in [1.29, 1.82) is 5.41 Å². The van der Waals surface area contributed by atoms with Crippen molar-refractivity contribution in [3.8, 4) is 0 Å². The average Bonchev–Trinajstić information content (AvgIpc) is 1.97. The van der Waals surface area contributed by atoms with Crippen LogP contribution in [-0.4, -0.2) is 27.3 Å². The number of nitrogens with two attached hydrogens (primary N) is 2. The van der Waals surface area contributed by atoms with Crippen molar-refractivity contribution < 1.29 is 31.0 Å². The number of guanidine groups is 1. The fourth-order valence-electron chi connectivity index (χ4n) is 0.662. The molecule has 0 saturated heterocycles. The molecule has 13 heavy (non-hydrogen) atoms. The molecule has 80 valence electrons. The van der Waals surface area contributed by atoms with Crippen molar-refractivity contribution in [3.63, 3.8) is 0 Å². The molecule has 0 bridgehead atoms. The van der Waals surface area contributed by atoms with E-state index < -0.39 is 9.73 Å². The van der Waals surface area contributed by atoms with Crippen LogP contribution in [0, 0.1) is 5.41 Å². The second-order valence-corrected chi connectivity index (χ2v) is 4.48. The Hall–Kier alpha value is -0.560. The molecule has 0 unspecified atom stereocenters. The number of carbonyl (C=O) groups is 1. The van der Waals surface area contributed by atoms with E-state index in [4.69, 9.17) is 22.0 Å². The van der Waals surface area contributed by atoms with Crippen LogP contribution in [0.15, 0.2) is 0 Å². The molecule has 0 heterocycles. The van der Waals surface area contributed by atoms with E-state index >= 15 is 0 Å². The van der Waals surface area contributed by atoms with E-state index in [1.807, 2.05) is 21.1 Å². The number of carboxylic acid groups (broad SMARTS) is 1. The first-order valence-electron chi connectivity index (χ1n) is 3.61. The molecule has 7 N–H and O–H groups in total. The molecule has 0 spiro atoms. The minimum atomic E-state index is -1.25. The molecule has 1 atom stereocenters. The Labute approximate surface area is 88.5 Å². The van der Waals surface area contributed by atoms with E-state index in [-0.39, 0.29) is 5.96 Å². The van der Waals surface area contributed by atoms with Gasteiger partial charge >= 0.3 is 88.2 Å². The molecule has 0 aliphatic rings. The monoisotopic (exact) mass is 370 g/mol. The first-order chi connectivity index (χ1) is 5.86. The average molecular weight is 370 g/mol. The summed E-state index contributed by atoms with van der Waals surface area (Å²) < 4.78 is -1.25. The Kier molecular flexibility index (Phi) is 5.01. The first kappa shape index (κ1) is 12.4. The molecule has 0 aliphatic carbocycles. The van der Waals surface area contributed by atoms with Gasteiger partial charge in [0.1, 0.15) is 0 Å². The molecule has 0 saturated carbocycles. The van der Waals surface area contributed by atoms with Gasteiger partial charge in [0.15, 0.2) is 0 Å². The topological polar surface area (TPSA) is 125 Å². The fourth-order valence-corrected chi connectivity index (χ4v) is 1.05. The van der Waals surface area contributed by atoms with Gasteiger partial charge in [0.05, 0.1) is 0 Å². The Morgan fingerprint density at radius 1 is 1.69 bits per heavy atom. The summed E-state index contributed by atoms with van der Waals surface area (Å²) in [5.41, 5.74) is 10.5. The van der Waals surface area contributed by atoms with Crippen LogP contribution in [0.2, 0.25) is 0 Å². The molecular weight excluding hydrogens is 357 g/mol. The van der Waals surface area contributed by atoms with Crippen molar-refractivity contribution in [3.05, 3.63) is 0 Å². The molecule has 7 heteroatoms.